The number of anilines is 1. The fraction of sp³-hybridized carbons (Fsp3) is 0.167. The maximum atomic E-state index is 13.6. The maximum absolute atomic E-state index is 13.6. The Labute approximate surface area is 210 Å². The van der Waals surface area contributed by atoms with Gasteiger partial charge < -0.3 is 15.2 Å². The number of carbonyl (C=O) groups is 2. The van der Waals surface area contributed by atoms with Crippen LogP contribution in [0.25, 0.3) is 0 Å². The van der Waals surface area contributed by atoms with E-state index in [2.05, 4.69) is 10.0 Å². The summed E-state index contributed by atoms with van der Waals surface area (Å²) in [6, 6.07) is 10.4. The highest BCUT2D eigenvalue weighted by Gasteiger charge is 2.19. The summed E-state index contributed by atoms with van der Waals surface area (Å²) >= 11 is 5.98. The molecule has 8 nitrogen and oxygen atoms in total. The Hall–Kier alpha value is -3.38. The van der Waals surface area contributed by atoms with E-state index in [1.807, 2.05) is 0 Å². The van der Waals surface area contributed by atoms with Crippen molar-refractivity contribution < 1.29 is 36.6 Å². The highest BCUT2D eigenvalue weighted by Crippen LogP contribution is 2.27. The van der Waals surface area contributed by atoms with Crippen LogP contribution in [0.3, 0.4) is 0 Å². The number of nitrogens with one attached hydrogen (secondary N) is 2. The van der Waals surface area contributed by atoms with Crippen molar-refractivity contribution in [2.24, 2.45) is 0 Å². The average Bonchev–Trinajstić information content (AvgIpc) is 2.82. The Morgan fingerprint density at radius 2 is 1.72 bits per heavy atom. The molecule has 1 amide bonds. The number of ketones is 1. The Morgan fingerprint density at radius 1 is 1.03 bits per heavy atom. The summed E-state index contributed by atoms with van der Waals surface area (Å²) < 4.78 is 59.2. The van der Waals surface area contributed by atoms with E-state index in [4.69, 9.17) is 21.4 Å². The van der Waals surface area contributed by atoms with E-state index >= 15 is 0 Å². The predicted octanol–water partition coefficient (Wildman–Crippen LogP) is 3.45. The molecular weight excluding hydrogens is 518 g/mol. The molecule has 190 valence electrons. The molecule has 0 saturated carbocycles. The molecule has 0 aliphatic carbocycles. The van der Waals surface area contributed by atoms with Gasteiger partial charge in [-0.25, -0.2) is 21.9 Å². The van der Waals surface area contributed by atoms with Gasteiger partial charge in [-0.05, 0) is 61.0 Å². The summed E-state index contributed by atoms with van der Waals surface area (Å²) in [7, 11) is -3.82. The molecule has 0 aliphatic heterocycles. The number of amides is 1. The first-order valence-electron chi connectivity index (χ1n) is 10.4. The number of rotatable bonds is 10. The smallest absolute Gasteiger partial charge is 0.262 e. The largest absolute Gasteiger partial charge is 0.483 e. The molecule has 0 unspecified atom stereocenters. The lowest BCUT2D eigenvalue weighted by atomic mass is 10.0. The van der Waals surface area contributed by atoms with Gasteiger partial charge >= 0.3 is 0 Å². The monoisotopic (exact) mass is 538 g/mol. The maximum Gasteiger partial charge on any atom is 0.262 e. The fourth-order valence-corrected chi connectivity index (χ4v) is 4.46. The lowest BCUT2D eigenvalue weighted by Gasteiger charge is -2.13. The Balaban J connectivity index is 1.73. The first kappa shape index (κ1) is 27.2. The van der Waals surface area contributed by atoms with Crippen molar-refractivity contribution in [3.8, 4) is 5.75 Å². The SMILES string of the molecule is Cc1cc(S(=O)(=O)NCCO)ccc1NC(=O)COc1ccc(Cl)cc1C(=O)c1cc(F)cc(F)c1. The van der Waals surface area contributed by atoms with Crippen molar-refractivity contribution in [1.29, 1.82) is 0 Å². The van der Waals surface area contributed by atoms with Crippen LogP contribution in [0, 0.1) is 18.6 Å². The molecule has 0 aromatic heterocycles. The summed E-state index contributed by atoms with van der Waals surface area (Å²) in [5, 5.41) is 11.6. The number of ether oxygens (including phenoxy) is 1. The molecule has 12 heteroatoms. The van der Waals surface area contributed by atoms with Crippen molar-refractivity contribution in [3.05, 3.63) is 87.9 Å². The first-order valence-corrected chi connectivity index (χ1v) is 12.3. The molecule has 0 fully saturated rings. The normalized spacial score (nSPS) is 11.2. The summed E-state index contributed by atoms with van der Waals surface area (Å²) in [6.45, 7) is 0.569. The zero-order valence-corrected chi connectivity index (χ0v) is 20.4. The van der Waals surface area contributed by atoms with Crippen molar-refractivity contribution >= 4 is 39.0 Å². The van der Waals surface area contributed by atoms with Gasteiger partial charge in [0.2, 0.25) is 10.0 Å². The van der Waals surface area contributed by atoms with Gasteiger partial charge in [-0.15, -0.1) is 0 Å². The molecule has 0 aliphatic rings. The molecule has 0 spiro atoms. The van der Waals surface area contributed by atoms with Gasteiger partial charge in [0, 0.05) is 28.9 Å². The summed E-state index contributed by atoms with van der Waals surface area (Å²) in [6.07, 6.45) is 0. The minimum absolute atomic E-state index is 0.0302. The van der Waals surface area contributed by atoms with Crippen LogP contribution in [-0.2, 0) is 14.8 Å². The van der Waals surface area contributed by atoms with Gasteiger partial charge in [-0.1, -0.05) is 11.6 Å². The topological polar surface area (TPSA) is 122 Å². The van der Waals surface area contributed by atoms with Gasteiger partial charge in [-0.2, -0.15) is 0 Å². The first-order chi connectivity index (χ1) is 17.0. The van der Waals surface area contributed by atoms with Crippen molar-refractivity contribution in [1.82, 2.24) is 4.72 Å². The average molecular weight is 539 g/mol. The number of hydrogen-bond acceptors (Lipinski definition) is 6. The predicted molar refractivity (Wildman–Crippen MR) is 129 cm³/mol. The van der Waals surface area contributed by atoms with Crippen LogP contribution >= 0.6 is 11.6 Å². The number of aliphatic hydroxyl groups is 1. The summed E-state index contributed by atoms with van der Waals surface area (Å²) in [5.74, 6) is -3.26. The van der Waals surface area contributed by atoms with Crippen molar-refractivity contribution in [2.45, 2.75) is 11.8 Å². The van der Waals surface area contributed by atoms with Crippen LogP contribution in [0.15, 0.2) is 59.5 Å². The number of aliphatic hydroxyl groups excluding tert-OH is 1. The van der Waals surface area contributed by atoms with Gasteiger partial charge in [0.25, 0.3) is 5.91 Å². The summed E-state index contributed by atoms with van der Waals surface area (Å²) in [5.41, 5.74) is 0.419. The van der Waals surface area contributed by atoms with E-state index in [-0.39, 0.29) is 39.9 Å². The zero-order valence-electron chi connectivity index (χ0n) is 18.8. The second-order valence-electron chi connectivity index (χ2n) is 7.56. The zero-order chi connectivity index (χ0) is 26.5. The van der Waals surface area contributed by atoms with Crippen molar-refractivity contribution in [3.63, 3.8) is 0 Å². The third-order valence-corrected chi connectivity index (χ3v) is 6.55. The molecule has 0 bridgehead atoms. The van der Waals surface area contributed by atoms with Gasteiger partial charge in [0.1, 0.15) is 17.4 Å². The Bertz CT molecular complexity index is 1400. The van der Waals surface area contributed by atoms with Crippen LogP contribution in [0.1, 0.15) is 21.5 Å². The van der Waals surface area contributed by atoms with Gasteiger partial charge in [-0.3, -0.25) is 9.59 Å². The van der Waals surface area contributed by atoms with E-state index in [9.17, 15) is 26.8 Å². The molecule has 0 heterocycles. The highest BCUT2D eigenvalue weighted by molar-refractivity contribution is 7.89. The molecule has 3 aromatic carbocycles. The summed E-state index contributed by atoms with van der Waals surface area (Å²) in [4.78, 5) is 25.3. The van der Waals surface area contributed by atoms with E-state index in [0.29, 0.717) is 17.3 Å². The number of benzene rings is 3. The minimum Gasteiger partial charge on any atom is -0.483 e. The second kappa shape index (κ2) is 11.6. The number of sulfonamides is 1. The van der Waals surface area contributed by atoms with Crippen molar-refractivity contribution in [2.75, 3.05) is 25.1 Å². The van der Waals surface area contributed by atoms with E-state index < -0.39 is 40.0 Å². The van der Waals surface area contributed by atoms with Crippen LogP contribution in [0.5, 0.6) is 5.75 Å². The molecular formula is C24H21ClF2N2O6S. The van der Waals surface area contributed by atoms with Gasteiger partial charge in [0.15, 0.2) is 12.4 Å². The fourth-order valence-electron chi connectivity index (χ4n) is 3.18. The number of aryl methyl sites for hydroxylation is 1. The molecule has 3 aromatic rings. The minimum atomic E-state index is -3.82. The van der Waals surface area contributed by atoms with Crippen LogP contribution in [0.4, 0.5) is 14.5 Å². The van der Waals surface area contributed by atoms with Gasteiger partial charge in [0.05, 0.1) is 17.1 Å². The van der Waals surface area contributed by atoms with E-state index in [1.165, 1.54) is 36.4 Å². The quantitative estimate of drug-likeness (QED) is 0.340. The standard InChI is InChI=1S/C24H21ClF2N2O6S/c1-14-8-19(36(33,34)28-6-7-30)3-4-21(14)29-23(31)13-35-22-5-2-16(25)11-20(22)24(32)15-9-17(26)12-18(27)10-15/h2-5,8-12,28,30H,6-7,13H2,1H3,(H,29,31). The number of hydrogen-bond donors (Lipinski definition) is 3. The molecule has 36 heavy (non-hydrogen) atoms. The highest BCUT2D eigenvalue weighted by atomic mass is 35.5. The molecule has 0 atom stereocenters. The Kier molecular flexibility index (Phi) is 8.75. The molecule has 3 rings (SSSR count). The lowest BCUT2D eigenvalue weighted by Crippen LogP contribution is -2.27. The Morgan fingerprint density at radius 3 is 2.36 bits per heavy atom. The molecule has 3 N–H and O–H groups in total. The third kappa shape index (κ3) is 6.85. The van der Waals surface area contributed by atoms with Crippen LogP contribution in [0.2, 0.25) is 5.02 Å². The number of carbonyl (C=O) groups excluding carboxylic acids is 2. The van der Waals surface area contributed by atoms with Crippen LogP contribution < -0.4 is 14.8 Å². The second-order valence-corrected chi connectivity index (χ2v) is 9.77. The lowest BCUT2D eigenvalue weighted by molar-refractivity contribution is -0.118. The molecule has 0 radical (unpaired) electrons. The number of halogens is 3. The van der Waals surface area contributed by atoms with E-state index in [0.717, 1.165) is 12.1 Å². The third-order valence-electron chi connectivity index (χ3n) is 4.86. The van der Waals surface area contributed by atoms with E-state index in [1.54, 1.807) is 6.92 Å². The van der Waals surface area contributed by atoms with Crippen LogP contribution in [-0.4, -0.2) is 45.0 Å². The molecule has 0 saturated heterocycles.